The van der Waals surface area contributed by atoms with Gasteiger partial charge in [-0.15, -0.1) is 35.9 Å². The van der Waals surface area contributed by atoms with Crippen molar-refractivity contribution in [1.82, 2.24) is 15.0 Å². The zero-order valence-electron chi connectivity index (χ0n) is 34.2. The van der Waals surface area contributed by atoms with Crippen LogP contribution >= 0.6 is 0 Å². The standard InChI is InChI=1S/C25H17N2O2.C14H16NSi.Ir/c1-13-10-18(27-11-14(13)2)17-12-26-15(3)22-24-21(29-25(17)22)9-8-20-23(24)16-6-4-5-7-19(16)28-20;1-16(2,3)13-9-10-14(15-11-13)12-7-5-4-6-8-12;/h4-11H,1-3H3;4-7,9-11H,1-3H3;/q2*-1;/i1D3,2D3,3D3;;. The van der Waals surface area contributed by atoms with Crippen LogP contribution in [0.15, 0.2) is 100 Å². The second kappa shape index (κ2) is 12.4. The van der Waals surface area contributed by atoms with Gasteiger partial charge in [-0.05, 0) is 71.3 Å². The smallest absolute Gasteiger partial charge is 0.136 e. The second-order valence-electron chi connectivity index (χ2n) is 11.7. The van der Waals surface area contributed by atoms with Crippen molar-refractivity contribution in [3.63, 3.8) is 0 Å². The van der Waals surface area contributed by atoms with Gasteiger partial charge in [-0.25, -0.2) is 0 Å². The first-order valence-corrected chi connectivity index (χ1v) is 17.9. The number of benzene rings is 3. The third-order valence-corrected chi connectivity index (χ3v) is 9.74. The maximum Gasteiger partial charge on any atom is 0.136 e. The van der Waals surface area contributed by atoms with E-state index < -0.39 is 39.8 Å². The van der Waals surface area contributed by atoms with Crippen LogP contribution in [-0.2, 0) is 20.1 Å². The average Bonchev–Trinajstić information content (AvgIpc) is 3.69. The zero-order chi connectivity index (χ0) is 38.8. The molecule has 0 saturated heterocycles. The molecular formula is C39H33IrN3O2Si-2. The molecule has 7 heteroatoms. The first-order valence-electron chi connectivity index (χ1n) is 18.9. The Labute approximate surface area is 295 Å². The third-order valence-electron chi connectivity index (χ3n) is 7.71. The molecule has 0 N–H and O–H groups in total. The number of aryl methyl sites for hydroxylation is 3. The van der Waals surface area contributed by atoms with E-state index in [1.54, 1.807) is 18.2 Å². The van der Waals surface area contributed by atoms with Crippen molar-refractivity contribution >= 4 is 57.1 Å². The summed E-state index contributed by atoms with van der Waals surface area (Å²) in [5.74, 6) is 0. The molecule has 0 amide bonds. The zero-order valence-corrected chi connectivity index (χ0v) is 28.5. The molecule has 46 heavy (non-hydrogen) atoms. The normalized spacial score (nSPS) is 15.2. The van der Waals surface area contributed by atoms with E-state index in [1.165, 1.54) is 5.19 Å². The summed E-state index contributed by atoms with van der Waals surface area (Å²) < 4.78 is 83.4. The van der Waals surface area contributed by atoms with E-state index in [0.29, 0.717) is 27.5 Å². The Kier molecular flexibility index (Phi) is 5.98. The van der Waals surface area contributed by atoms with Crippen LogP contribution in [0.4, 0.5) is 0 Å². The largest absolute Gasteiger partial charge is 0.500 e. The minimum absolute atomic E-state index is 0. The van der Waals surface area contributed by atoms with Crippen LogP contribution in [0.3, 0.4) is 0 Å². The minimum Gasteiger partial charge on any atom is -0.500 e. The van der Waals surface area contributed by atoms with Gasteiger partial charge in [0.05, 0.1) is 13.7 Å². The second-order valence-corrected chi connectivity index (χ2v) is 16.8. The third kappa shape index (κ3) is 5.71. The van der Waals surface area contributed by atoms with Crippen molar-refractivity contribution in [2.45, 2.75) is 40.2 Å². The van der Waals surface area contributed by atoms with Gasteiger partial charge in [0.1, 0.15) is 16.7 Å². The van der Waals surface area contributed by atoms with E-state index in [0.717, 1.165) is 28.9 Å². The van der Waals surface area contributed by atoms with Gasteiger partial charge in [-0.1, -0.05) is 74.0 Å². The molecule has 231 valence electrons. The van der Waals surface area contributed by atoms with Crippen molar-refractivity contribution < 1.29 is 41.3 Å². The minimum atomic E-state index is -2.75. The van der Waals surface area contributed by atoms with Crippen LogP contribution in [0.5, 0.6) is 0 Å². The predicted octanol–water partition coefficient (Wildman–Crippen LogP) is 9.76. The fourth-order valence-corrected chi connectivity index (χ4v) is 6.38. The molecule has 0 bridgehead atoms. The molecule has 8 rings (SSSR count). The quantitative estimate of drug-likeness (QED) is 0.132. The molecular weight excluding hydrogens is 763 g/mol. The number of pyridine rings is 3. The Balaban J connectivity index is 0.000000254. The molecule has 5 nitrogen and oxygen atoms in total. The summed E-state index contributed by atoms with van der Waals surface area (Å²) in [6, 6.07) is 27.3. The van der Waals surface area contributed by atoms with Crippen molar-refractivity contribution in [2.24, 2.45) is 0 Å². The number of fused-ring (bicyclic) bond motifs is 7. The van der Waals surface area contributed by atoms with Gasteiger partial charge < -0.3 is 23.8 Å². The summed E-state index contributed by atoms with van der Waals surface area (Å²) >= 11 is 0. The van der Waals surface area contributed by atoms with Crippen LogP contribution in [0.25, 0.3) is 66.4 Å². The molecule has 1 radical (unpaired) electrons. The van der Waals surface area contributed by atoms with Gasteiger partial charge in [0, 0.05) is 61.0 Å². The fraction of sp³-hybridized carbons (Fsp3) is 0.154. The first-order chi connectivity index (χ1) is 25.3. The number of para-hydroxylation sites is 1. The van der Waals surface area contributed by atoms with Crippen LogP contribution in [-0.4, -0.2) is 23.0 Å². The Morgan fingerprint density at radius 3 is 2.22 bits per heavy atom. The molecule has 0 unspecified atom stereocenters. The van der Waals surface area contributed by atoms with Gasteiger partial charge in [0.25, 0.3) is 0 Å². The maximum atomic E-state index is 8.12. The summed E-state index contributed by atoms with van der Waals surface area (Å²) in [6.45, 7) is -1.09. The molecule has 0 aliphatic rings. The number of hydrogen-bond donors (Lipinski definition) is 0. The Morgan fingerprint density at radius 1 is 0.717 bits per heavy atom. The van der Waals surface area contributed by atoms with Gasteiger partial charge >= 0.3 is 0 Å². The SMILES string of the molecule is C[Si](C)(C)c1ccc(-c2[c-]cccc2)nc1.[2H]C([2H])([2H])c1cnc(-c2[c-]nc(C([2H])([2H])[2H])c3c2oc2ccc4oc5ccccc5c4c23)cc1C([2H])([2H])[2H].[Ir]. The molecule has 8 aromatic rings. The van der Waals surface area contributed by atoms with Crippen molar-refractivity contribution in [3.05, 3.63) is 120 Å². The Morgan fingerprint density at radius 2 is 1.50 bits per heavy atom. The van der Waals surface area contributed by atoms with Crippen molar-refractivity contribution in [3.8, 4) is 22.5 Å². The molecule has 0 fully saturated rings. The Bertz CT molecular complexity index is 2660. The van der Waals surface area contributed by atoms with E-state index in [4.69, 9.17) is 21.2 Å². The number of nitrogens with zero attached hydrogens (tertiary/aromatic N) is 3. The van der Waals surface area contributed by atoms with Crippen molar-refractivity contribution in [1.29, 1.82) is 0 Å². The molecule has 0 saturated carbocycles. The monoisotopic (exact) mass is 805 g/mol. The topological polar surface area (TPSA) is 65.0 Å². The van der Waals surface area contributed by atoms with Gasteiger partial charge in [-0.2, -0.15) is 0 Å². The van der Waals surface area contributed by atoms with E-state index in [9.17, 15) is 0 Å². The van der Waals surface area contributed by atoms with Gasteiger partial charge in [0.2, 0.25) is 0 Å². The molecule has 0 atom stereocenters. The number of rotatable bonds is 3. The summed E-state index contributed by atoms with van der Waals surface area (Å²) in [5.41, 5.74) is 2.74. The maximum absolute atomic E-state index is 8.12. The first kappa shape index (κ1) is 22.2. The Hall–Kier alpha value is -4.42. The number of aromatic nitrogens is 3. The van der Waals surface area contributed by atoms with Gasteiger partial charge in [0.15, 0.2) is 0 Å². The van der Waals surface area contributed by atoms with Crippen molar-refractivity contribution in [2.75, 3.05) is 0 Å². The summed E-state index contributed by atoms with van der Waals surface area (Å²) in [4.78, 5) is 12.9. The van der Waals surface area contributed by atoms with E-state index >= 15 is 0 Å². The van der Waals surface area contributed by atoms with E-state index in [-0.39, 0.29) is 48.0 Å². The predicted molar refractivity (Wildman–Crippen MR) is 187 cm³/mol. The molecule has 0 spiro atoms. The molecule has 0 aliphatic carbocycles. The molecule has 0 aliphatic heterocycles. The summed E-state index contributed by atoms with van der Waals surface area (Å²) in [5, 5.41) is 3.48. The molecule has 5 aromatic heterocycles. The van der Waals surface area contributed by atoms with Crippen LogP contribution in [0.2, 0.25) is 19.6 Å². The van der Waals surface area contributed by atoms with Crippen LogP contribution in [0, 0.1) is 32.8 Å². The number of furan rings is 2. The van der Waals surface area contributed by atoms with E-state index in [2.05, 4.69) is 59.0 Å². The van der Waals surface area contributed by atoms with E-state index in [1.807, 2.05) is 48.7 Å². The molecule has 5 heterocycles. The molecule has 3 aromatic carbocycles. The number of hydrogen-bond acceptors (Lipinski definition) is 5. The summed E-state index contributed by atoms with van der Waals surface area (Å²) in [6.07, 6.45) is 5.67. The van der Waals surface area contributed by atoms with Crippen LogP contribution in [0.1, 0.15) is 29.2 Å². The van der Waals surface area contributed by atoms with Crippen LogP contribution < -0.4 is 5.19 Å². The van der Waals surface area contributed by atoms with Gasteiger partial charge in [-0.3, -0.25) is 0 Å². The summed E-state index contributed by atoms with van der Waals surface area (Å²) in [7, 11) is -1.23. The fourth-order valence-electron chi connectivity index (χ4n) is 5.34. The average molecular weight is 805 g/mol.